The molecule has 0 heterocycles. The molecule has 0 spiro atoms. The standard InChI is InChI=1S/C17H16F4N2O3S/c1-11(23(27(2,25)26)15-8-6-13(18)7-9-15)16(24)22-14-5-3-4-12(10-14)17(19,20)21/h3-11H,1-2H3,(H,22,24)/t11-/m0/s1. The molecule has 0 saturated heterocycles. The molecule has 2 aromatic carbocycles. The quantitative estimate of drug-likeness (QED) is 0.774. The molecule has 2 aromatic rings. The molecule has 0 saturated carbocycles. The van der Waals surface area contributed by atoms with Gasteiger partial charge in [0.2, 0.25) is 15.9 Å². The van der Waals surface area contributed by atoms with Crippen LogP contribution in [-0.2, 0) is 21.0 Å². The molecule has 146 valence electrons. The number of benzene rings is 2. The maximum atomic E-state index is 13.1. The van der Waals surface area contributed by atoms with Gasteiger partial charge in [0, 0.05) is 5.69 Å². The van der Waals surface area contributed by atoms with E-state index in [1.54, 1.807) is 0 Å². The van der Waals surface area contributed by atoms with Crippen LogP contribution in [0.15, 0.2) is 48.5 Å². The molecule has 0 unspecified atom stereocenters. The Balaban J connectivity index is 2.29. The first-order valence-electron chi connectivity index (χ1n) is 7.62. The van der Waals surface area contributed by atoms with Crippen LogP contribution < -0.4 is 9.62 Å². The zero-order valence-electron chi connectivity index (χ0n) is 14.3. The number of rotatable bonds is 5. The minimum absolute atomic E-state index is 0.0468. The van der Waals surface area contributed by atoms with Gasteiger partial charge in [-0.05, 0) is 49.4 Å². The third-order valence-electron chi connectivity index (χ3n) is 3.63. The molecule has 0 aromatic heterocycles. The minimum atomic E-state index is -4.58. The molecule has 10 heteroatoms. The Morgan fingerprint density at radius 3 is 2.22 bits per heavy atom. The van der Waals surface area contributed by atoms with Crippen molar-refractivity contribution in [3.05, 3.63) is 59.9 Å². The number of nitrogens with zero attached hydrogens (tertiary/aromatic N) is 1. The Morgan fingerprint density at radius 2 is 1.70 bits per heavy atom. The van der Waals surface area contributed by atoms with Crippen LogP contribution >= 0.6 is 0 Å². The number of hydrogen-bond acceptors (Lipinski definition) is 3. The summed E-state index contributed by atoms with van der Waals surface area (Å²) in [5.74, 6) is -1.43. The second-order valence-electron chi connectivity index (χ2n) is 5.78. The largest absolute Gasteiger partial charge is 0.416 e. The maximum Gasteiger partial charge on any atom is 0.416 e. The fourth-order valence-corrected chi connectivity index (χ4v) is 3.59. The Morgan fingerprint density at radius 1 is 1.11 bits per heavy atom. The van der Waals surface area contributed by atoms with Crippen LogP contribution in [0.1, 0.15) is 12.5 Å². The number of carbonyl (C=O) groups is 1. The third kappa shape index (κ3) is 5.19. The molecule has 0 bridgehead atoms. The summed E-state index contributed by atoms with van der Waals surface area (Å²) in [4.78, 5) is 12.4. The number of hydrogen-bond donors (Lipinski definition) is 1. The number of alkyl halides is 3. The zero-order chi connectivity index (χ0) is 20.4. The summed E-state index contributed by atoms with van der Waals surface area (Å²) < 4.78 is 76.4. The van der Waals surface area contributed by atoms with Crippen LogP contribution in [0.4, 0.5) is 28.9 Å². The predicted octanol–water partition coefficient (Wildman–Crippen LogP) is 3.64. The van der Waals surface area contributed by atoms with E-state index < -0.39 is 39.5 Å². The summed E-state index contributed by atoms with van der Waals surface area (Å²) in [6.45, 7) is 1.27. The van der Waals surface area contributed by atoms with E-state index in [0.717, 1.165) is 40.9 Å². The van der Waals surface area contributed by atoms with E-state index in [9.17, 15) is 30.8 Å². The molecule has 0 aliphatic carbocycles. The number of nitrogens with one attached hydrogen (secondary N) is 1. The van der Waals surface area contributed by atoms with Gasteiger partial charge in [-0.2, -0.15) is 13.2 Å². The van der Waals surface area contributed by atoms with Gasteiger partial charge in [0.15, 0.2) is 0 Å². The topological polar surface area (TPSA) is 66.5 Å². The molecule has 27 heavy (non-hydrogen) atoms. The lowest BCUT2D eigenvalue weighted by molar-refractivity contribution is -0.137. The van der Waals surface area contributed by atoms with Crippen LogP contribution in [0.5, 0.6) is 0 Å². The van der Waals surface area contributed by atoms with E-state index in [4.69, 9.17) is 0 Å². The highest BCUT2D eigenvalue weighted by Gasteiger charge is 2.32. The average Bonchev–Trinajstić information content (AvgIpc) is 2.55. The van der Waals surface area contributed by atoms with Gasteiger partial charge in [0.1, 0.15) is 11.9 Å². The van der Waals surface area contributed by atoms with Crippen LogP contribution in [-0.4, -0.2) is 26.6 Å². The second kappa shape index (κ2) is 7.55. The highest BCUT2D eigenvalue weighted by Crippen LogP contribution is 2.31. The van der Waals surface area contributed by atoms with Crippen LogP contribution in [0.3, 0.4) is 0 Å². The normalized spacial score (nSPS) is 13.1. The smallest absolute Gasteiger partial charge is 0.324 e. The Labute approximate surface area is 153 Å². The van der Waals surface area contributed by atoms with E-state index >= 15 is 0 Å². The first-order chi connectivity index (χ1) is 12.4. The van der Waals surface area contributed by atoms with Gasteiger partial charge in [-0.25, -0.2) is 12.8 Å². The van der Waals surface area contributed by atoms with Gasteiger partial charge in [-0.3, -0.25) is 9.10 Å². The lowest BCUT2D eigenvalue weighted by Crippen LogP contribution is -2.45. The average molecular weight is 404 g/mol. The number of sulfonamides is 1. The molecule has 1 N–H and O–H groups in total. The Kier molecular flexibility index (Phi) is 5.79. The summed E-state index contributed by atoms with van der Waals surface area (Å²) in [5.41, 5.74) is -1.04. The molecule has 0 fully saturated rings. The summed E-state index contributed by atoms with van der Waals surface area (Å²) >= 11 is 0. The first-order valence-corrected chi connectivity index (χ1v) is 9.47. The first kappa shape index (κ1) is 20.7. The van der Waals surface area contributed by atoms with Gasteiger partial charge in [0.25, 0.3) is 0 Å². The molecular weight excluding hydrogens is 388 g/mol. The van der Waals surface area contributed by atoms with Crippen molar-refractivity contribution in [1.29, 1.82) is 0 Å². The lowest BCUT2D eigenvalue weighted by atomic mass is 10.2. The van der Waals surface area contributed by atoms with Gasteiger partial charge in [-0.1, -0.05) is 6.07 Å². The summed E-state index contributed by atoms with van der Waals surface area (Å²) in [7, 11) is -3.93. The summed E-state index contributed by atoms with van der Waals surface area (Å²) in [5, 5.41) is 2.27. The molecule has 5 nitrogen and oxygen atoms in total. The molecular formula is C17H16F4N2O3S. The van der Waals surface area contributed by atoms with Crippen LogP contribution in [0.2, 0.25) is 0 Å². The number of halogens is 4. The number of carbonyl (C=O) groups excluding carboxylic acids is 1. The molecule has 2 rings (SSSR count). The molecule has 0 radical (unpaired) electrons. The van der Waals surface area contributed by atoms with Crippen molar-refractivity contribution in [3.63, 3.8) is 0 Å². The predicted molar refractivity (Wildman–Crippen MR) is 93.3 cm³/mol. The van der Waals surface area contributed by atoms with E-state index in [1.807, 2.05) is 0 Å². The highest BCUT2D eigenvalue weighted by atomic mass is 32.2. The third-order valence-corrected chi connectivity index (χ3v) is 4.87. The molecule has 0 aliphatic heterocycles. The van der Waals surface area contributed by atoms with Gasteiger partial charge >= 0.3 is 6.18 Å². The van der Waals surface area contributed by atoms with Crippen molar-refractivity contribution in [3.8, 4) is 0 Å². The van der Waals surface area contributed by atoms with Crippen LogP contribution in [0, 0.1) is 5.82 Å². The monoisotopic (exact) mass is 404 g/mol. The van der Waals surface area contributed by atoms with Gasteiger partial charge in [0.05, 0.1) is 17.5 Å². The van der Waals surface area contributed by atoms with Crippen molar-refractivity contribution < 1.29 is 30.8 Å². The van der Waals surface area contributed by atoms with E-state index in [1.165, 1.54) is 25.1 Å². The second-order valence-corrected chi connectivity index (χ2v) is 7.64. The lowest BCUT2D eigenvalue weighted by Gasteiger charge is -2.28. The van der Waals surface area contributed by atoms with E-state index in [-0.39, 0.29) is 11.4 Å². The van der Waals surface area contributed by atoms with Crippen LogP contribution in [0.25, 0.3) is 0 Å². The Bertz CT molecular complexity index is 928. The zero-order valence-corrected chi connectivity index (χ0v) is 15.1. The fourth-order valence-electron chi connectivity index (χ4n) is 2.42. The SMILES string of the molecule is C[C@@H](C(=O)Nc1cccc(C(F)(F)F)c1)N(c1ccc(F)cc1)S(C)(=O)=O. The van der Waals surface area contributed by atoms with E-state index in [0.29, 0.717) is 0 Å². The molecule has 1 amide bonds. The van der Waals surface area contributed by atoms with Gasteiger partial charge in [-0.15, -0.1) is 0 Å². The number of anilines is 2. The molecule has 1 atom stereocenters. The summed E-state index contributed by atoms with van der Waals surface area (Å²) in [6, 6.07) is 7.11. The highest BCUT2D eigenvalue weighted by molar-refractivity contribution is 7.92. The maximum absolute atomic E-state index is 13.1. The number of amides is 1. The van der Waals surface area contributed by atoms with Crippen molar-refractivity contribution >= 4 is 27.3 Å². The Hall–Kier alpha value is -2.62. The fraction of sp³-hybridized carbons (Fsp3) is 0.235. The van der Waals surface area contributed by atoms with Gasteiger partial charge < -0.3 is 5.32 Å². The van der Waals surface area contributed by atoms with Crippen molar-refractivity contribution in [2.24, 2.45) is 0 Å². The van der Waals surface area contributed by atoms with E-state index in [2.05, 4.69) is 5.32 Å². The molecule has 0 aliphatic rings. The van der Waals surface area contributed by atoms with Crippen molar-refractivity contribution in [2.45, 2.75) is 19.1 Å². The summed E-state index contributed by atoms with van der Waals surface area (Å²) in [6.07, 6.45) is -3.72. The minimum Gasteiger partial charge on any atom is -0.324 e. The van der Waals surface area contributed by atoms with Crippen molar-refractivity contribution in [2.75, 3.05) is 15.9 Å². The van der Waals surface area contributed by atoms with Crippen molar-refractivity contribution in [1.82, 2.24) is 0 Å².